The number of hydrogen-bond acceptors (Lipinski definition) is 4. The molecule has 1 saturated carbocycles. The molecule has 1 aromatic rings. The number of carbonyl (C=O) groups is 2. The maximum absolute atomic E-state index is 12.5. The molecule has 0 radical (unpaired) electrons. The number of benzene rings is 1. The van der Waals surface area contributed by atoms with Crippen molar-refractivity contribution in [1.29, 1.82) is 0 Å². The zero-order valence-corrected chi connectivity index (χ0v) is 13.8. The van der Waals surface area contributed by atoms with Gasteiger partial charge in [-0.05, 0) is 44.2 Å². The molecule has 1 aromatic carbocycles. The van der Waals surface area contributed by atoms with E-state index in [1.807, 2.05) is 0 Å². The van der Waals surface area contributed by atoms with Gasteiger partial charge in [-0.2, -0.15) is 0 Å². The van der Waals surface area contributed by atoms with Gasteiger partial charge in [-0.1, -0.05) is 18.2 Å². The van der Waals surface area contributed by atoms with E-state index < -0.39 is 21.5 Å². The van der Waals surface area contributed by atoms with Crippen molar-refractivity contribution in [3.8, 4) is 0 Å². The van der Waals surface area contributed by atoms with E-state index in [2.05, 4.69) is 4.72 Å². The number of hydrogen-bond donors (Lipinski definition) is 1. The molecule has 2 fully saturated rings. The third kappa shape index (κ3) is 3.10. The van der Waals surface area contributed by atoms with Crippen LogP contribution in [-0.2, 0) is 19.6 Å². The van der Waals surface area contributed by atoms with Gasteiger partial charge in [0.1, 0.15) is 5.54 Å². The summed E-state index contributed by atoms with van der Waals surface area (Å²) >= 11 is 0. The molecule has 3 rings (SSSR count). The van der Waals surface area contributed by atoms with Gasteiger partial charge in [-0.25, -0.2) is 13.1 Å². The SMILES string of the molecule is CC1(C(=O)NS(=O)(=O)c2ccccc2)CCN1C(=O)CC1CC1. The van der Waals surface area contributed by atoms with Gasteiger partial charge in [0.2, 0.25) is 5.91 Å². The lowest BCUT2D eigenvalue weighted by atomic mass is 9.85. The molecule has 6 nitrogen and oxygen atoms in total. The molecule has 1 aliphatic carbocycles. The minimum absolute atomic E-state index is 0.0344. The summed E-state index contributed by atoms with van der Waals surface area (Å²) in [6.45, 7) is 2.12. The highest BCUT2D eigenvalue weighted by Crippen LogP contribution is 2.37. The van der Waals surface area contributed by atoms with E-state index in [-0.39, 0.29) is 10.8 Å². The highest BCUT2D eigenvalue weighted by Gasteiger charge is 2.50. The molecule has 1 atom stereocenters. The molecule has 0 aromatic heterocycles. The number of sulfonamides is 1. The summed E-state index contributed by atoms with van der Waals surface area (Å²) < 4.78 is 26.6. The van der Waals surface area contributed by atoms with Crippen LogP contribution < -0.4 is 4.72 Å². The van der Waals surface area contributed by atoms with Gasteiger partial charge in [-0.3, -0.25) is 9.59 Å². The van der Waals surface area contributed by atoms with Gasteiger partial charge < -0.3 is 4.90 Å². The van der Waals surface area contributed by atoms with Crippen LogP contribution in [0.2, 0.25) is 0 Å². The normalized spacial score (nSPS) is 24.0. The van der Waals surface area contributed by atoms with Crippen LogP contribution in [-0.4, -0.2) is 37.2 Å². The molecular formula is C16H20N2O4S. The standard InChI is InChI=1S/C16H20N2O4S/c1-16(9-10-18(16)14(19)11-12-7-8-12)15(20)17-23(21,22)13-5-3-2-4-6-13/h2-6,12H,7-11H2,1H3,(H,17,20). The van der Waals surface area contributed by atoms with E-state index in [1.165, 1.54) is 17.0 Å². The van der Waals surface area contributed by atoms with Gasteiger partial charge in [0.25, 0.3) is 15.9 Å². The van der Waals surface area contributed by atoms with Gasteiger partial charge >= 0.3 is 0 Å². The zero-order chi connectivity index (χ0) is 16.7. The quantitative estimate of drug-likeness (QED) is 0.878. The first kappa shape index (κ1) is 16.0. The van der Waals surface area contributed by atoms with Crippen LogP contribution in [0, 0.1) is 5.92 Å². The van der Waals surface area contributed by atoms with Gasteiger partial charge in [-0.15, -0.1) is 0 Å². The second-order valence-electron chi connectivity index (χ2n) is 6.46. The maximum Gasteiger partial charge on any atom is 0.264 e. The average molecular weight is 336 g/mol. The fourth-order valence-electron chi connectivity index (χ4n) is 2.76. The number of carbonyl (C=O) groups excluding carboxylic acids is 2. The molecule has 2 aliphatic rings. The topological polar surface area (TPSA) is 83.6 Å². The van der Waals surface area contributed by atoms with Crippen molar-refractivity contribution >= 4 is 21.8 Å². The zero-order valence-electron chi connectivity index (χ0n) is 13.0. The van der Waals surface area contributed by atoms with Crippen molar-refractivity contribution < 1.29 is 18.0 Å². The van der Waals surface area contributed by atoms with Gasteiger partial charge in [0, 0.05) is 13.0 Å². The Balaban J connectivity index is 1.71. The molecule has 1 unspecified atom stereocenters. The van der Waals surface area contributed by atoms with Crippen LogP contribution in [0.4, 0.5) is 0 Å². The van der Waals surface area contributed by atoms with E-state index >= 15 is 0 Å². The van der Waals surface area contributed by atoms with Crippen molar-refractivity contribution in [3.63, 3.8) is 0 Å². The highest BCUT2D eigenvalue weighted by molar-refractivity contribution is 7.90. The first-order chi connectivity index (χ1) is 10.8. The Kier molecular flexibility index (Phi) is 3.91. The van der Waals surface area contributed by atoms with Gasteiger partial charge in [0.15, 0.2) is 0 Å². The van der Waals surface area contributed by atoms with Crippen LogP contribution in [0.1, 0.15) is 32.6 Å². The Hall–Kier alpha value is -1.89. The highest BCUT2D eigenvalue weighted by atomic mass is 32.2. The van der Waals surface area contributed by atoms with Crippen LogP contribution >= 0.6 is 0 Å². The average Bonchev–Trinajstić information content (AvgIpc) is 3.29. The first-order valence-corrected chi connectivity index (χ1v) is 9.24. The number of nitrogens with zero attached hydrogens (tertiary/aromatic N) is 1. The lowest BCUT2D eigenvalue weighted by molar-refractivity contribution is -0.156. The first-order valence-electron chi connectivity index (χ1n) is 7.76. The Labute approximate surface area is 135 Å². The molecule has 1 saturated heterocycles. The molecule has 7 heteroatoms. The van der Waals surface area contributed by atoms with Crippen molar-refractivity contribution in [3.05, 3.63) is 30.3 Å². The van der Waals surface area contributed by atoms with E-state index in [1.54, 1.807) is 25.1 Å². The van der Waals surface area contributed by atoms with E-state index in [0.717, 1.165) is 12.8 Å². The van der Waals surface area contributed by atoms with Gasteiger partial charge in [0.05, 0.1) is 4.90 Å². The summed E-state index contributed by atoms with van der Waals surface area (Å²) in [7, 11) is -3.92. The second-order valence-corrected chi connectivity index (χ2v) is 8.15. The fraction of sp³-hybridized carbons (Fsp3) is 0.500. The lowest BCUT2D eigenvalue weighted by Crippen LogP contribution is -2.67. The van der Waals surface area contributed by atoms with Crippen molar-refractivity contribution in [2.24, 2.45) is 5.92 Å². The molecule has 1 aliphatic heterocycles. The second kappa shape index (κ2) is 5.63. The van der Waals surface area contributed by atoms with Crippen LogP contribution in [0.15, 0.2) is 35.2 Å². The summed E-state index contributed by atoms with van der Waals surface area (Å²) in [4.78, 5) is 26.2. The van der Waals surface area contributed by atoms with Crippen molar-refractivity contribution in [1.82, 2.24) is 9.62 Å². The number of rotatable bonds is 5. The minimum atomic E-state index is -3.92. The molecule has 124 valence electrons. The number of amides is 2. The summed E-state index contributed by atoms with van der Waals surface area (Å²) in [5, 5.41) is 0. The molecule has 0 spiro atoms. The molecule has 2 amide bonds. The molecule has 0 bridgehead atoms. The Morgan fingerprint density at radius 3 is 2.43 bits per heavy atom. The van der Waals surface area contributed by atoms with E-state index in [0.29, 0.717) is 25.3 Å². The summed E-state index contributed by atoms with van der Waals surface area (Å²) in [5.74, 6) is -0.270. The maximum atomic E-state index is 12.5. The summed E-state index contributed by atoms with van der Waals surface area (Å²) in [5.41, 5.74) is -1.08. The predicted octanol–water partition coefficient (Wildman–Crippen LogP) is 1.28. The van der Waals surface area contributed by atoms with E-state index in [9.17, 15) is 18.0 Å². The third-order valence-electron chi connectivity index (χ3n) is 4.65. The molecule has 1 N–H and O–H groups in total. The predicted molar refractivity (Wildman–Crippen MR) is 83.8 cm³/mol. The Morgan fingerprint density at radius 1 is 1.26 bits per heavy atom. The third-order valence-corrected chi connectivity index (χ3v) is 6.00. The Bertz CT molecular complexity index is 728. The lowest BCUT2D eigenvalue weighted by Gasteiger charge is -2.49. The van der Waals surface area contributed by atoms with Crippen molar-refractivity contribution in [2.45, 2.75) is 43.0 Å². The number of likely N-dealkylation sites (tertiary alicyclic amines) is 1. The molecular weight excluding hydrogens is 316 g/mol. The largest absolute Gasteiger partial charge is 0.328 e. The monoisotopic (exact) mass is 336 g/mol. The summed E-state index contributed by atoms with van der Waals surface area (Å²) in [6, 6.07) is 7.74. The van der Waals surface area contributed by atoms with Crippen LogP contribution in [0.25, 0.3) is 0 Å². The van der Waals surface area contributed by atoms with Crippen LogP contribution in [0.5, 0.6) is 0 Å². The molecule has 23 heavy (non-hydrogen) atoms. The molecule has 1 heterocycles. The fourth-order valence-corrected chi connectivity index (χ4v) is 3.86. The summed E-state index contributed by atoms with van der Waals surface area (Å²) in [6.07, 6.45) is 3.05. The van der Waals surface area contributed by atoms with Crippen molar-refractivity contribution in [2.75, 3.05) is 6.54 Å². The van der Waals surface area contributed by atoms with Crippen LogP contribution in [0.3, 0.4) is 0 Å². The smallest absolute Gasteiger partial charge is 0.264 e. The Morgan fingerprint density at radius 2 is 1.91 bits per heavy atom. The minimum Gasteiger partial charge on any atom is -0.328 e. The number of nitrogens with one attached hydrogen (secondary N) is 1. The van der Waals surface area contributed by atoms with E-state index in [4.69, 9.17) is 0 Å².